The van der Waals surface area contributed by atoms with Crippen molar-refractivity contribution in [1.29, 1.82) is 0 Å². The lowest BCUT2D eigenvalue weighted by atomic mass is 9.98. The second-order valence-corrected chi connectivity index (χ2v) is 9.78. The fourth-order valence-corrected chi connectivity index (χ4v) is 5.60. The number of nitrogens with zero attached hydrogens (tertiary/aromatic N) is 5. The third-order valence-corrected chi connectivity index (χ3v) is 7.58. The number of carbonyl (C=O) groups excluding carboxylic acids is 1. The minimum absolute atomic E-state index is 0.0545. The summed E-state index contributed by atoms with van der Waals surface area (Å²) in [7, 11) is 1.75. The molecule has 2 atom stereocenters. The van der Waals surface area contributed by atoms with Gasteiger partial charge in [-0.1, -0.05) is 12.1 Å². The fourth-order valence-electron chi connectivity index (χ4n) is 5.60. The van der Waals surface area contributed by atoms with Crippen molar-refractivity contribution in [2.24, 2.45) is 4.99 Å². The van der Waals surface area contributed by atoms with Gasteiger partial charge in [0.05, 0.1) is 5.56 Å². The molecule has 7 nitrogen and oxygen atoms in total. The molecule has 10 heteroatoms. The number of aromatic hydroxyl groups is 1. The van der Waals surface area contributed by atoms with Crippen LogP contribution in [-0.2, 0) is 11.0 Å². The molecule has 2 saturated heterocycles. The average molecular weight is 502 g/mol. The van der Waals surface area contributed by atoms with Crippen LogP contribution in [0.3, 0.4) is 0 Å². The van der Waals surface area contributed by atoms with Crippen LogP contribution >= 0.6 is 0 Å². The van der Waals surface area contributed by atoms with Gasteiger partial charge in [-0.25, -0.2) is 4.98 Å². The largest absolute Gasteiger partial charge is 0.493 e. The number of pyridine rings is 1. The number of aliphatic imine (C=N–C) groups is 1. The number of amides is 1. The zero-order chi connectivity index (χ0) is 25.4. The molecular formula is C26H30F3N5O2. The van der Waals surface area contributed by atoms with Crippen LogP contribution < -0.4 is 0 Å². The third kappa shape index (κ3) is 4.78. The fraction of sp³-hybridized carbons (Fsp3) is 0.500. The molecule has 2 unspecified atom stereocenters. The molecule has 0 spiro atoms. The zero-order valence-electron chi connectivity index (χ0n) is 20.2. The van der Waals surface area contributed by atoms with Gasteiger partial charge in [0, 0.05) is 44.0 Å². The van der Waals surface area contributed by atoms with Gasteiger partial charge in [0.15, 0.2) is 0 Å². The van der Waals surface area contributed by atoms with E-state index in [0.29, 0.717) is 36.1 Å². The van der Waals surface area contributed by atoms with Gasteiger partial charge in [-0.05, 0) is 62.5 Å². The van der Waals surface area contributed by atoms with Crippen molar-refractivity contribution in [1.82, 2.24) is 19.7 Å². The van der Waals surface area contributed by atoms with Crippen LogP contribution in [0.5, 0.6) is 5.88 Å². The summed E-state index contributed by atoms with van der Waals surface area (Å²) in [5.74, 6) is 0.261. The lowest BCUT2D eigenvalue weighted by Gasteiger charge is -2.39. The van der Waals surface area contributed by atoms with Gasteiger partial charge in [-0.3, -0.25) is 9.79 Å². The Balaban J connectivity index is 1.39. The molecule has 4 heterocycles. The number of hydrogen-bond donors (Lipinski definition) is 1. The van der Waals surface area contributed by atoms with Gasteiger partial charge < -0.3 is 19.8 Å². The number of likely N-dealkylation sites (N-methyl/N-ethyl adjacent to an activating group) is 1. The van der Waals surface area contributed by atoms with Gasteiger partial charge in [0.2, 0.25) is 11.8 Å². The van der Waals surface area contributed by atoms with E-state index in [4.69, 9.17) is 4.99 Å². The van der Waals surface area contributed by atoms with Crippen molar-refractivity contribution in [2.45, 2.75) is 50.0 Å². The van der Waals surface area contributed by atoms with Crippen molar-refractivity contribution in [3.63, 3.8) is 0 Å². The molecule has 1 aromatic carbocycles. The zero-order valence-corrected chi connectivity index (χ0v) is 20.2. The van der Waals surface area contributed by atoms with Crippen molar-refractivity contribution in [2.75, 3.05) is 33.2 Å². The van der Waals surface area contributed by atoms with E-state index < -0.39 is 23.8 Å². The quantitative estimate of drug-likeness (QED) is 0.692. The highest BCUT2D eigenvalue weighted by atomic mass is 19.4. The number of amidine groups is 1. The molecule has 5 rings (SSSR count). The minimum Gasteiger partial charge on any atom is -0.493 e. The molecular weight excluding hydrogens is 471 g/mol. The predicted octanol–water partition coefficient (Wildman–Crippen LogP) is 3.69. The SMILES string of the molecule is CN1C(c2ccc(C(F)(F)F)cc2)=NC(c2ccc(O)nc2)C1C(=O)N1CCC(N2CCCC2)CC1. The second-order valence-electron chi connectivity index (χ2n) is 9.78. The van der Waals surface area contributed by atoms with E-state index in [0.717, 1.165) is 38.1 Å². The standard InChI is InChI=1S/C26H30F3N5O2/c1-32-23(25(36)34-14-10-20(11-15-34)33-12-2-3-13-33)22(18-6-9-21(35)30-16-18)31-24(32)17-4-7-19(8-5-17)26(27,28)29/h4-9,16,20,22-23H,2-3,10-15H2,1H3,(H,30,35). The lowest BCUT2D eigenvalue weighted by molar-refractivity contribution is -0.138. The first-order valence-corrected chi connectivity index (χ1v) is 12.4. The van der Waals surface area contributed by atoms with Crippen molar-refractivity contribution in [3.8, 4) is 5.88 Å². The van der Waals surface area contributed by atoms with Crippen LogP contribution in [0.1, 0.15) is 48.4 Å². The highest BCUT2D eigenvalue weighted by Gasteiger charge is 2.43. The van der Waals surface area contributed by atoms with Crippen LogP contribution in [0.4, 0.5) is 13.2 Å². The Kier molecular flexibility index (Phi) is 6.63. The highest BCUT2D eigenvalue weighted by molar-refractivity contribution is 6.03. The van der Waals surface area contributed by atoms with Crippen molar-refractivity contribution in [3.05, 3.63) is 59.3 Å². The average Bonchev–Trinajstić information content (AvgIpc) is 3.52. The Labute approximate surface area is 208 Å². The van der Waals surface area contributed by atoms with Gasteiger partial charge in [0.1, 0.15) is 17.9 Å². The summed E-state index contributed by atoms with van der Waals surface area (Å²) < 4.78 is 39.2. The summed E-state index contributed by atoms with van der Waals surface area (Å²) in [4.78, 5) is 28.8. The predicted molar refractivity (Wildman–Crippen MR) is 129 cm³/mol. The molecule has 0 aliphatic carbocycles. The van der Waals surface area contributed by atoms with E-state index in [-0.39, 0.29) is 11.8 Å². The maximum absolute atomic E-state index is 13.8. The van der Waals surface area contributed by atoms with E-state index in [1.54, 1.807) is 18.0 Å². The van der Waals surface area contributed by atoms with E-state index in [1.165, 1.54) is 37.2 Å². The Bertz CT molecular complexity index is 1110. The molecule has 3 aliphatic rings. The number of likely N-dealkylation sites (tertiary alicyclic amines) is 2. The first-order valence-electron chi connectivity index (χ1n) is 12.4. The monoisotopic (exact) mass is 501 g/mol. The first kappa shape index (κ1) is 24.5. The number of carbonyl (C=O) groups is 1. The van der Waals surface area contributed by atoms with Crippen LogP contribution in [0.2, 0.25) is 0 Å². The molecule has 2 fully saturated rings. The van der Waals surface area contributed by atoms with Crippen molar-refractivity contribution < 1.29 is 23.1 Å². The summed E-state index contributed by atoms with van der Waals surface area (Å²) in [6, 6.07) is 7.22. The number of piperidine rings is 1. The molecule has 1 aromatic heterocycles. The number of benzene rings is 1. The van der Waals surface area contributed by atoms with E-state index in [2.05, 4.69) is 9.88 Å². The number of hydrogen-bond acceptors (Lipinski definition) is 6. The summed E-state index contributed by atoms with van der Waals surface area (Å²) in [6.45, 7) is 3.59. The Morgan fingerprint density at radius 3 is 2.25 bits per heavy atom. The van der Waals surface area contributed by atoms with Crippen molar-refractivity contribution >= 4 is 11.7 Å². The van der Waals surface area contributed by atoms with E-state index in [9.17, 15) is 23.1 Å². The molecule has 1 N–H and O–H groups in total. The highest BCUT2D eigenvalue weighted by Crippen LogP contribution is 2.36. The van der Waals surface area contributed by atoms with Gasteiger partial charge in [-0.2, -0.15) is 13.2 Å². The van der Waals surface area contributed by atoms with Gasteiger partial charge in [0.25, 0.3) is 0 Å². The summed E-state index contributed by atoms with van der Waals surface area (Å²) in [5, 5.41) is 9.64. The number of alkyl halides is 3. The van der Waals surface area contributed by atoms with Crippen LogP contribution in [0.15, 0.2) is 47.6 Å². The molecule has 0 bridgehead atoms. The van der Waals surface area contributed by atoms with Crippen LogP contribution in [0.25, 0.3) is 0 Å². The number of halogens is 3. The van der Waals surface area contributed by atoms with E-state index >= 15 is 0 Å². The topological polar surface area (TPSA) is 72.3 Å². The lowest BCUT2D eigenvalue weighted by Crippen LogP contribution is -2.52. The summed E-state index contributed by atoms with van der Waals surface area (Å²) in [5.41, 5.74) is 0.428. The molecule has 3 aliphatic heterocycles. The minimum atomic E-state index is -4.43. The maximum atomic E-state index is 13.8. The summed E-state index contributed by atoms with van der Waals surface area (Å²) in [6.07, 6.45) is 1.39. The Morgan fingerprint density at radius 2 is 1.67 bits per heavy atom. The number of rotatable bonds is 4. The molecule has 2 aromatic rings. The first-order chi connectivity index (χ1) is 17.2. The molecule has 0 radical (unpaired) electrons. The molecule has 0 saturated carbocycles. The third-order valence-electron chi connectivity index (χ3n) is 7.58. The smallest absolute Gasteiger partial charge is 0.416 e. The Morgan fingerprint density at radius 1 is 1.00 bits per heavy atom. The van der Waals surface area contributed by atoms with Gasteiger partial charge >= 0.3 is 6.18 Å². The normalized spacial score (nSPS) is 23.8. The molecule has 192 valence electrons. The molecule has 1 amide bonds. The Hall–Kier alpha value is -3.14. The summed E-state index contributed by atoms with van der Waals surface area (Å²) >= 11 is 0. The van der Waals surface area contributed by atoms with Gasteiger partial charge in [-0.15, -0.1) is 0 Å². The van der Waals surface area contributed by atoms with Crippen LogP contribution in [0, 0.1) is 0 Å². The number of aromatic nitrogens is 1. The second kappa shape index (κ2) is 9.72. The van der Waals surface area contributed by atoms with E-state index in [1.807, 2.05) is 4.90 Å². The maximum Gasteiger partial charge on any atom is 0.416 e. The van der Waals surface area contributed by atoms with Crippen LogP contribution in [-0.4, -0.2) is 81.8 Å². The molecule has 36 heavy (non-hydrogen) atoms.